The minimum absolute atomic E-state index is 0.108. The molecule has 2 atom stereocenters. The molecule has 0 amide bonds. The van der Waals surface area contributed by atoms with Crippen molar-refractivity contribution in [2.75, 3.05) is 39.4 Å². The number of aliphatic hydroxyl groups excluding tert-OH is 1. The second-order valence-electron chi connectivity index (χ2n) is 8.78. The normalized spacial score (nSPS) is 28.9. The lowest BCUT2D eigenvalue weighted by Crippen LogP contribution is -2.44. The zero-order valence-corrected chi connectivity index (χ0v) is 17.5. The van der Waals surface area contributed by atoms with Gasteiger partial charge in [-0.15, -0.1) is 0 Å². The maximum absolute atomic E-state index is 13.0. The van der Waals surface area contributed by atoms with Gasteiger partial charge in [-0.05, 0) is 62.6 Å². The number of benzene rings is 1. The SMILES string of the molecule is Cc1ccccc1S(=O)(=O)N1CCC2(CC1)CO[C@H](CN1CCC[C@H]1CO)C2. The zero-order chi connectivity index (χ0) is 19.8. The van der Waals surface area contributed by atoms with E-state index < -0.39 is 10.0 Å². The second kappa shape index (κ2) is 8.03. The maximum atomic E-state index is 13.0. The van der Waals surface area contributed by atoms with Crippen molar-refractivity contribution in [2.24, 2.45) is 5.41 Å². The molecule has 0 aliphatic carbocycles. The van der Waals surface area contributed by atoms with Gasteiger partial charge in [-0.3, -0.25) is 4.90 Å². The fourth-order valence-corrected chi connectivity index (χ4v) is 6.82. The molecule has 3 aliphatic rings. The van der Waals surface area contributed by atoms with Crippen LogP contribution in [0.4, 0.5) is 0 Å². The third kappa shape index (κ3) is 3.87. The molecule has 3 fully saturated rings. The molecule has 0 saturated carbocycles. The molecule has 3 saturated heterocycles. The smallest absolute Gasteiger partial charge is 0.243 e. The van der Waals surface area contributed by atoms with E-state index in [1.165, 1.54) is 0 Å². The van der Waals surface area contributed by atoms with E-state index in [2.05, 4.69) is 4.90 Å². The lowest BCUT2D eigenvalue weighted by atomic mass is 9.77. The van der Waals surface area contributed by atoms with E-state index in [9.17, 15) is 13.5 Å². The second-order valence-corrected chi connectivity index (χ2v) is 10.7. The summed E-state index contributed by atoms with van der Waals surface area (Å²) in [4.78, 5) is 2.79. The van der Waals surface area contributed by atoms with Crippen molar-refractivity contribution in [3.05, 3.63) is 29.8 Å². The number of piperidine rings is 1. The number of ether oxygens (including phenoxy) is 1. The number of hydrogen-bond acceptors (Lipinski definition) is 5. The maximum Gasteiger partial charge on any atom is 0.243 e. The van der Waals surface area contributed by atoms with Gasteiger partial charge in [0.05, 0.1) is 24.2 Å². The lowest BCUT2D eigenvalue weighted by Gasteiger charge is -2.38. The Hall–Kier alpha value is -0.990. The molecule has 6 nitrogen and oxygen atoms in total. The summed E-state index contributed by atoms with van der Waals surface area (Å²) in [6.07, 6.45) is 5.14. The van der Waals surface area contributed by atoms with Gasteiger partial charge in [-0.1, -0.05) is 18.2 Å². The quantitative estimate of drug-likeness (QED) is 0.807. The van der Waals surface area contributed by atoms with Gasteiger partial charge < -0.3 is 9.84 Å². The number of nitrogens with zero attached hydrogens (tertiary/aromatic N) is 2. The molecule has 3 heterocycles. The van der Waals surface area contributed by atoms with Crippen LogP contribution in [0, 0.1) is 12.3 Å². The van der Waals surface area contributed by atoms with Crippen molar-refractivity contribution in [2.45, 2.75) is 56.1 Å². The highest BCUT2D eigenvalue weighted by Gasteiger charge is 2.45. The summed E-state index contributed by atoms with van der Waals surface area (Å²) in [5.41, 5.74) is 0.910. The molecule has 0 radical (unpaired) electrons. The molecular weight excluding hydrogens is 376 g/mol. The summed E-state index contributed by atoms with van der Waals surface area (Å²) in [6, 6.07) is 7.50. The molecule has 1 aromatic rings. The van der Waals surface area contributed by atoms with E-state index in [4.69, 9.17) is 4.74 Å². The lowest BCUT2D eigenvalue weighted by molar-refractivity contribution is 0.0480. The molecule has 7 heteroatoms. The van der Waals surface area contributed by atoms with Gasteiger partial charge in [-0.25, -0.2) is 8.42 Å². The standard InChI is InChI=1S/C21H32N2O4S/c1-17-5-2-3-7-20(17)28(25,26)23-11-8-21(9-12-23)13-19(27-16-21)14-22-10-4-6-18(22)15-24/h2-3,5,7,18-19,24H,4,6,8-16H2,1H3/t18-,19-/m0/s1. The molecule has 3 aliphatic heterocycles. The molecule has 28 heavy (non-hydrogen) atoms. The van der Waals surface area contributed by atoms with Crippen molar-refractivity contribution >= 4 is 10.0 Å². The first-order valence-electron chi connectivity index (χ1n) is 10.5. The first-order chi connectivity index (χ1) is 13.4. The number of likely N-dealkylation sites (tertiary alicyclic amines) is 1. The summed E-state index contributed by atoms with van der Waals surface area (Å²) in [6.45, 7) is 5.87. The van der Waals surface area contributed by atoms with Crippen LogP contribution in [-0.2, 0) is 14.8 Å². The van der Waals surface area contributed by atoms with Gasteiger partial charge in [0.25, 0.3) is 0 Å². The Morgan fingerprint density at radius 2 is 1.96 bits per heavy atom. The average molecular weight is 409 g/mol. The van der Waals surface area contributed by atoms with E-state index in [1.807, 2.05) is 19.1 Å². The van der Waals surface area contributed by atoms with E-state index in [0.29, 0.717) is 18.0 Å². The number of rotatable bonds is 5. The van der Waals surface area contributed by atoms with Crippen LogP contribution in [-0.4, -0.2) is 74.3 Å². The van der Waals surface area contributed by atoms with Crippen LogP contribution in [0.5, 0.6) is 0 Å². The predicted octanol–water partition coefficient (Wildman–Crippen LogP) is 2.01. The van der Waals surface area contributed by atoms with Gasteiger partial charge in [0.2, 0.25) is 10.0 Å². The first-order valence-corrected chi connectivity index (χ1v) is 11.9. The highest BCUT2D eigenvalue weighted by molar-refractivity contribution is 7.89. The Morgan fingerprint density at radius 1 is 1.21 bits per heavy atom. The summed E-state index contributed by atoms with van der Waals surface area (Å²) < 4.78 is 33.9. The van der Waals surface area contributed by atoms with Crippen LogP contribution in [0.2, 0.25) is 0 Å². The predicted molar refractivity (Wildman–Crippen MR) is 108 cm³/mol. The third-order valence-corrected chi connectivity index (χ3v) is 8.99. The van der Waals surface area contributed by atoms with Crippen molar-refractivity contribution in [3.63, 3.8) is 0 Å². The third-order valence-electron chi connectivity index (χ3n) is 6.93. The van der Waals surface area contributed by atoms with Crippen LogP contribution >= 0.6 is 0 Å². The van der Waals surface area contributed by atoms with Gasteiger partial charge in [0.15, 0.2) is 0 Å². The molecule has 1 N–H and O–H groups in total. The van der Waals surface area contributed by atoms with Gasteiger partial charge in [-0.2, -0.15) is 4.31 Å². The fourth-order valence-electron chi connectivity index (χ4n) is 5.15. The van der Waals surface area contributed by atoms with E-state index in [0.717, 1.165) is 57.4 Å². The average Bonchev–Trinajstić information content (AvgIpc) is 3.29. The topological polar surface area (TPSA) is 70.1 Å². The first kappa shape index (κ1) is 20.3. The van der Waals surface area contributed by atoms with E-state index >= 15 is 0 Å². The molecule has 0 bridgehead atoms. The van der Waals surface area contributed by atoms with Crippen molar-refractivity contribution < 1.29 is 18.3 Å². The summed E-state index contributed by atoms with van der Waals surface area (Å²) >= 11 is 0. The van der Waals surface area contributed by atoms with Crippen molar-refractivity contribution in [1.29, 1.82) is 0 Å². The molecule has 0 unspecified atom stereocenters. The zero-order valence-electron chi connectivity index (χ0n) is 16.7. The highest BCUT2D eigenvalue weighted by atomic mass is 32.2. The van der Waals surface area contributed by atoms with Crippen molar-refractivity contribution in [3.8, 4) is 0 Å². The van der Waals surface area contributed by atoms with E-state index in [-0.39, 0.29) is 24.2 Å². The Morgan fingerprint density at radius 3 is 2.68 bits per heavy atom. The number of aliphatic hydroxyl groups is 1. The molecule has 156 valence electrons. The number of sulfonamides is 1. The monoisotopic (exact) mass is 408 g/mol. The van der Waals surface area contributed by atoms with Crippen LogP contribution in [0.1, 0.15) is 37.7 Å². The molecule has 0 aromatic heterocycles. The molecule has 1 aromatic carbocycles. The number of aryl methyl sites for hydroxylation is 1. The summed E-state index contributed by atoms with van der Waals surface area (Å²) in [7, 11) is -3.43. The van der Waals surface area contributed by atoms with Crippen LogP contribution < -0.4 is 0 Å². The Balaban J connectivity index is 1.36. The van der Waals surface area contributed by atoms with Crippen LogP contribution in [0.3, 0.4) is 0 Å². The summed E-state index contributed by atoms with van der Waals surface area (Å²) in [5.74, 6) is 0. The van der Waals surface area contributed by atoms with Gasteiger partial charge >= 0.3 is 0 Å². The molecule has 4 rings (SSSR count). The molecular formula is C21H32N2O4S. The van der Waals surface area contributed by atoms with Crippen LogP contribution in [0.15, 0.2) is 29.2 Å². The van der Waals surface area contributed by atoms with Crippen LogP contribution in [0.25, 0.3) is 0 Å². The van der Waals surface area contributed by atoms with Crippen molar-refractivity contribution in [1.82, 2.24) is 9.21 Å². The van der Waals surface area contributed by atoms with Gasteiger partial charge in [0, 0.05) is 25.7 Å². The number of hydrogen-bond donors (Lipinski definition) is 1. The van der Waals surface area contributed by atoms with Gasteiger partial charge in [0.1, 0.15) is 0 Å². The fraction of sp³-hybridized carbons (Fsp3) is 0.714. The minimum Gasteiger partial charge on any atom is -0.395 e. The summed E-state index contributed by atoms with van der Waals surface area (Å²) in [5, 5.41) is 9.53. The minimum atomic E-state index is -3.43. The highest BCUT2D eigenvalue weighted by Crippen LogP contribution is 2.43. The largest absolute Gasteiger partial charge is 0.395 e. The Labute approximate surface area is 168 Å². The Kier molecular flexibility index (Phi) is 5.82. The van der Waals surface area contributed by atoms with E-state index in [1.54, 1.807) is 16.4 Å². The Bertz CT molecular complexity index is 789. The molecule has 1 spiro atoms.